The van der Waals surface area contributed by atoms with E-state index in [-0.39, 0.29) is 11.5 Å². The quantitative estimate of drug-likeness (QED) is 0.665. The molecule has 2 aromatic carbocycles. The van der Waals surface area contributed by atoms with E-state index in [0.717, 1.165) is 5.01 Å². The van der Waals surface area contributed by atoms with E-state index in [1.807, 2.05) is 0 Å². The van der Waals surface area contributed by atoms with Gasteiger partial charge >= 0.3 is 6.18 Å². The summed E-state index contributed by atoms with van der Waals surface area (Å²) in [6.45, 7) is 0. The van der Waals surface area contributed by atoms with Crippen LogP contribution in [-0.4, -0.2) is 41.4 Å². The fourth-order valence-electron chi connectivity index (χ4n) is 4.06. The maximum absolute atomic E-state index is 13.8. The van der Waals surface area contributed by atoms with Gasteiger partial charge in [-0.25, -0.2) is 15.4 Å². The molecule has 0 radical (unpaired) electrons. The average Bonchev–Trinajstić information content (AvgIpc) is 3.36. The van der Waals surface area contributed by atoms with Crippen molar-refractivity contribution >= 4 is 22.6 Å². The van der Waals surface area contributed by atoms with E-state index in [1.165, 1.54) is 13.3 Å². The molecule has 0 saturated carbocycles. The normalized spacial score (nSPS) is 23.5. The van der Waals surface area contributed by atoms with Gasteiger partial charge in [-0.1, -0.05) is 36.4 Å². The summed E-state index contributed by atoms with van der Waals surface area (Å²) in [5, 5.41) is 3.90. The van der Waals surface area contributed by atoms with Crippen LogP contribution < -0.4 is 15.5 Å². The number of nitrogens with one attached hydrogen (secondary N) is 2. The first-order valence-corrected chi connectivity index (χ1v) is 9.50. The maximum atomic E-state index is 13.8. The maximum Gasteiger partial charge on any atom is 0.406 e. The highest BCUT2D eigenvalue weighted by Gasteiger charge is 2.57. The van der Waals surface area contributed by atoms with Gasteiger partial charge in [0.1, 0.15) is 23.5 Å². The number of hydrogen-bond donors (Lipinski definition) is 2. The minimum atomic E-state index is -4.56. The predicted molar refractivity (Wildman–Crippen MR) is 104 cm³/mol. The van der Waals surface area contributed by atoms with Crippen LogP contribution in [0, 0.1) is 0 Å². The van der Waals surface area contributed by atoms with Crippen molar-refractivity contribution in [3.8, 4) is 5.75 Å². The predicted octanol–water partition coefficient (Wildman–Crippen LogP) is 3.17. The van der Waals surface area contributed by atoms with Gasteiger partial charge < -0.3 is 14.5 Å². The molecule has 3 aromatic rings. The molecular weight excluding hydrogens is 413 g/mol. The summed E-state index contributed by atoms with van der Waals surface area (Å²) in [6.07, 6.45) is -4.13. The molecule has 2 aliphatic rings. The Kier molecular flexibility index (Phi) is 4.40. The number of carbonyl (C=O) groups excluding carboxylic acids is 1. The second kappa shape index (κ2) is 7.02. The summed E-state index contributed by atoms with van der Waals surface area (Å²) in [4.78, 5) is 17.5. The Hall–Kier alpha value is -3.53. The van der Waals surface area contributed by atoms with Crippen LogP contribution in [-0.2, 0) is 4.79 Å². The molecule has 2 N–H and O–H groups in total. The number of alkyl halides is 3. The topological polar surface area (TPSA) is 79.6 Å². The van der Waals surface area contributed by atoms with Crippen molar-refractivity contribution in [2.24, 2.45) is 0 Å². The molecule has 0 aliphatic carbocycles. The van der Waals surface area contributed by atoms with Crippen molar-refractivity contribution < 1.29 is 27.1 Å². The number of hydrazine groups is 1. The van der Waals surface area contributed by atoms with Crippen LogP contribution in [0.3, 0.4) is 0 Å². The highest BCUT2D eigenvalue weighted by molar-refractivity contribution is 6.19. The largest absolute Gasteiger partial charge is 0.494 e. The molecule has 1 amide bonds. The number of oxazole rings is 1. The van der Waals surface area contributed by atoms with E-state index in [4.69, 9.17) is 9.15 Å². The summed E-state index contributed by atoms with van der Waals surface area (Å²) in [7, 11) is 1.48. The summed E-state index contributed by atoms with van der Waals surface area (Å²) < 4.78 is 52.4. The number of halogens is 3. The van der Waals surface area contributed by atoms with Crippen molar-refractivity contribution in [2.45, 2.75) is 24.3 Å². The summed E-state index contributed by atoms with van der Waals surface area (Å²) in [5.41, 5.74) is 3.64. The highest BCUT2D eigenvalue weighted by Crippen LogP contribution is 2.41. The van der Waals surface area contributed by atoms with Crippen LogP contribution >= 0.6 is 0 Å². The van der Waals surface area contributed by atoms with Gasteiger partial charge in [0.15, 0.2) is 11.1 Å². The molecule has 5 rings (SSSR count). The molecule has 3 atom stereocenters. The van der Waals surface area contributed by atoms with Crippen molar-refractivity contribution in [3.63, 3.8) is 0 Å². The molecule has 1 aromatic heterocycles. The van der Waals surface area contributed by atoms with Crippen LogP contribution in [0.4, 0.5) is 13.2 Å². The molecular formula is C21H17F3N4O3. The first-order valence-electron chi connectivity index (χ1n) is 9.50. The minimum absolute atomic E-state index is 0.0102. The molecule has 3 heterocycles. The van der Waals surface area contributed by atoms with Crippen LogP contribution in [0.1, 0.15) is 17.4 Å². The third-order valence-corrected chi connectivity index (χ3v) is 5.47. The number of aromatic nitrogens is 1. The summed E-state index contributed by atoms with van der Waals surface area (Å²) in [6, 6.07) is 11.4. The first-order chi connectivity index (χ1) is 14.9. The Morgan fingerprint density at radius 1 is 1.13 bits per heavy atom. The molecule has 1 saturated heterocycles. The Morgan fingerprint density at radius 2 is 1.90 bits per heavy atom. The fourth-order valence-corrected chi connectivity index (χ4v) is 4.06. The molecule has 3 unspecified atom stereocenters. The monoisotopic (exact) mass is 430 g/mol. The number of benzene rings is 2. The summed E-state index contributed by atoms with van der Waals surface area (Å²) in [5.74, 6) is -1.25. The van der Waals surface area contributed by atoms with Crippen molar-refractivity contribution in [1.29, 1.82) is 0 Å². The zero-order valence-corrected chi connectivity index (χ0v) is 16.2. The zero-order valence-electron chi connectivity index (χ0n) is 16.2. The lowest BCUT2D eigenvalue weighted by Gasteiger charge is -2.31. The fraction of sp³-hybridized carbons (Fsp3) is 0.238. The second-order valence-electron chi connectivity index (χ2n) is 7.26. The SMILES string of the molecule is COc1cccc2oc(C3=CNC4C(c5ccccc5)C(C(F)(F)F)NN4C3=O)nc12. The number of carbonyl (C=O) groups is 1. The Bertz CT molecular complexity index is 1180. The van der Waals surface area contributed by atoms with Crippen LogP contribution in [0.2, 0.25) is 0 Å². The standard InChI is InChI=1S/C21H17F3N4O3/c1-30-13-8-5-9-14-16(13)26-19(31-14)12-10-25-18-15(11-6-3-2-4-7-11)17(21(22,23)24)27-28(18)20(12)29/h2-10,15,17-18,25,27H,1H3. The van der Waals surface area contributed by atoms with Crippen molar-refractivity contribution in [2.75, 3.05) is 7.11 Å². The third kappa shape index (κ3) is 3.10. The van der Waals surface area contributed by atoms with Gasteiger partial charge in [0, 0.05) is 6.20 Å². The van der Waals surface area contributed by atoms with Gasteiger partial charge in [-0.2, -0.15) is 13.2 Å². The van der Waals surface area contributed by atoms with Crippen LogP contribution in [0.5, 0.6) is 5.75 Å². The number of methoxy groups -OCH3 is 1. The molecule has 1 fully saturated rings. The van der Waals surface area contributed by atoms with Crippen molar-refractivity contribution in [1.82, 2.24) is 20.7 Å². The number of para-hydroxylation sites is 1. The van der Waals surface area contributed by atoms with Gasteiger partial charge in [0.05, 0.1) is 13.0 Å². The third-order valence-electron chi connectivity index (χ3n) is 5.47. The number of rotatable bonds is 3. The molecule has 2 aliphatic heterocycles. The van der Waals surface area contributed by atoms with E-state index >= 15 is 0 Å². The Morgan fingerprint density at radius 3 is 2.61 bits per heavy atom. The van der Waals surface area contributed by atoms with E-state index in [2.05, 4.69) is 15.7 Å². The second-order valence-corrected chi connectivity index (χ2v) is 7.26. The molecule has 7 nitrogen and oxygen atoms in total. The molecule has 0 spiro atoms. The zero-order chi connectivity index (χ0) is 21.8. The van der Waals surface area contributed by atoms with E-state index in [9.17, 15) is 18.0 Å². The average molecular weight is 430 g/mol. The number of nitrogens with zero attached hydrogens (tertiary/aromatic N) is 2. The smallest absolute Gasteiger partial charge is 0.406 e. The summed E-state index contributed by atoms with van der Waals surface area (Å²) >= 11 is 0. The van der Waals surface area contributed by atoms with Crippen LogP contribution in [0.25, 0.3) is 16.7 Å². The van der Waals surface area contributed by atoms with Gasteiger partial charge in [-0.3, -0.25) is 4.79 Å². The number of fused-ring (bicyclic) bond motifs is 2. The van der Waals surface area contributed by atoms with E-state index < -0.39 is 30.2 Å². The Labute approximate surface area is 174 Å². The molecule has 10 heteroatoms. The van der Waals surface area contributed by atoms with Crippen molar-refractivity contribution in [3.05, 3.63) is 66.2 Å². The number of hydrogen-bond acceptors (Lipinski definition) is 6. The van der Waals surface area contributed by atoms with Gasteiger partial charge in [-0.15, -0.1) is 0 Å². The van der Waals surface area contributed by atoms with Gasteiger partial charge in [-0.05, 0) is 17.7 Å². The van der Waals surface area contributed by atoms with Gasteiger partial charge in [0.2, 0.25) is 5.89 Å². The first kappa shape index (κ1) is 19.4. The lowest BCUT2D eigenvalue weighted by molar-refractivity contribution is -0.161. The van der Waals surface area contributed by atoms with E-state index in [1.54, 1.807) is 48.5 Å². The minimum Gasteiger partial charge on any atom is -0.494 e. The molecule has 160 valence electrons. The lowest BCUT2D eigenvalue weighted by atomic mass is 9.89. The number of ether oxygens (including phenoxy) is 1. The highest BCUT2D eigenvalue weighted by atomic mass is 19.4. The molecule has 31 heavy (non-hydrogen) atoms. The van der Waals surface area contributed by atoms with Gasteiger partial charge in [0.25, 0.3) is 5.91 Å². The lowest BCUT2D eigenvalue weighted by Crippen LogP contribution is -2.53. The van der Waals surface area contributed by atoms with Crippen LogP contribution in [0.15, 0.2) is 59.1 Å². The molecule has 0 bridgehead atoms. The Balaban J connectivity index is 1.53. The number of amides is 1. The van der Waals surface area contributed by atoms with E-state index in [0.29, 0.717) is 22.4 Å².